The second-order valence-electron chi connectivity index (χ2n) is 7.98. The molecule has 0 radical (unpaired) electrons. The summed E-state index contributed by atoms with van der Waals surface area (Å²) < 4.78 is 0. The molecule has 1 aromatic carbocycles. The Hall–Kier alpha value is -2.73. The van der Waals surface area contributed by atoms with Crippen LogP contribution in [0.15, 0.2) is 36.5 Å². The lowest BCUT2D eigenvalue weighted by Gasteiger charge is -2.28. The lowest BCUT2D eigenvalue weighted by molar-refractivity contribution is -0.133. The van der Waals surface area contributed by atoms with Gasteiger partial charge in [-0.3, -0.25) is 14.6 Å². The average molecular weight is 409 g/mol. The molecule has 1 saturated heterocycles. The van der Waals surface area contributed by atoms with Gasteiger partial charge in [-0.15, -0.1) is 0 Å². The first-order valence-corrected chi connectivity index (χ1v) is 10.8. The highest BCUT2D eigenvalue weighted by atomic mass is 16.2. The summed E-state index contributed by atoms with van der Waals surface area (Å²) in [5, 5.41) is 6.22. The van der Waals surface area contributed by atoms with Crippen LogP contribution in [0.4, 0.5) is 5.69 Å². The van der Waals surface area contributed by atoms with E-state index in [-0.39, 0.29) is 18.4 Å². The average Bonchev–Trinajstić information content (AvgIpc) is 2.76. The van der Waals surface area contributed by atoms with Gasteiger partial charge < -0.3 is 15.5 Å². The van der Waals surface area contributed by atoms with Crippen LogP contribution in [0.1, 0.15) is 37.9 Å². The minimum atomic E-state index is -0.0924. The number of pyridine rings is 1. The fourth-order valence-corrected chi connectivity index (χ4v) is 3.78. The summed E-state index contributed by atoms with van der Waals surface area (Å²) in [6.07, 6.45) is 5.12. The van der Waals surface area contributed by atoms with Crippen molar-refractivity contribution in [3.63, 3.8) is 0 Å². The van der Waals surface area contributed by atoms with Crippen molar-refractivity contribution < 1.29 is 9.59 Å². The Labute approximate surface area is 179 Å². The molecule has 2 N–H and O–H groups in total. The number of nitrogens with one attached hydrogen (secondary N) is 2. The third kappa shape index (κ3) is 5.66. The molecule has 2 aromatic rings. The van der Waals surface area contributed by atoms with Gasteiger partial charge in [-0.25, -0.2) is 0 Å². The Morgan fingerprint density at radius 1 is 1.20 bits per heavy atom. The summed E-state index contributed by atoms with van der Waals surface area (Å²) in [5.41, 5.74) is 5.01. The molecule has 0 spiro atoms. The zero-order valence-electron chi connectivity index (χ0n) is 18.2. The Morgan fingerprint density at radius 2 is 2.03 bits per heavy atom. The number of hydrogen-bond donors (Lipinski definition) is 2. The standard InChI is InChI=1S/C24H32N4O2/c1-4-17-7-6-8-19(11-17)20-13-22(21(5-2)26-15-20)27-23(29)16-25-14-18-9-10-28(3)24(30)12-18/h6-8,11,13,15,18,25H,4-5,9-10,12,14,16H2,1-3H3,(H,27,29). The molecule has 2 heterocycles. The van der Waals surface area contributed by atoms with Gasteiger partial charge in [0.25, 0.3) is 0 Å². The van der Waals surface area contributed by atoms with E-state index < -0.39 is 0 Å². The molecule has 2 amide bonds. The summed E-state index contributed by atoms with van der Waals surface area (Å²) in [7, 11) is 1.84. The van der Waals surface area contributed by atoms with Gasteiger partial charge in [0, 0.05) is 31.8 Å². The minimum Gasteiger partial charge on any atom is -0.346 e. The molecular formula is C24H32N4O2. The number of aromatic nitrogens is 1. The molecule has 1 unspecified atom stereocenters. The monoisotopic (exact) mass is 408 g/mol. The predicted octanol–water partition coefficient (Wildman–Crippen LogP) is 3.27. The second kappa shape index (κ2) is 10.3. The summed E-state index contributed by atoms with van der Waals surface area (Å²) in [5.74, 6) is 0.383. The van der Waals surface area contributed by atoms with Crippen molar-refractivity contribution in [1.82, 2.24) is 15.2 Å². The van der Waals surface area contributed by atoms with E-state index in [0.717, 1.165) is 48.3 Å². The maximum absolute atomic E-state index is 12.5. The highest BCUT2D eigenvalue weighted by Gasteiger charge is 2.23. The van der Waals surface area contributed by atoms with Crippen LogP contribution in [-0.4, -0.2) is 48.4 Å². The second-order valence-corrected chi connectivity index (χ2v) is 7.98. The first-order chi connectivity index (χ1) is 14.5. The quantitative estimate of drug-likeness (QED) is 0.703. The van der Waals surface area contributed by atoms with Gasteiger partial charge in [-0.05, 0) is 48.9 Å². The fraction of sp³-hybridized carbons (Fsp3) is 0.458. The van der Waals surface area contributed by atoms with E-state index in [1.807, 2.05) is 26.2 Å². The molecule has 160 valence electrons. The zero-order valence-corrected chi connectivity index (χ0v) is 18.2. The van der Waals surface area contributed by atoms with Crippen molar-refractivity contribution in [2.24, 2.45) is 5.92 Å². The van der Waals surface area contributed by atoms with Crippen molar-refractivity contribution >= 4 is 17.5 Å². The molecule has 6 heteroatoms. The summed E-state index contributed by atoms with van der Waals surface area (Å²) in [6, 6.07) is 10.4. The van der Waals surface area contributed by atoms with Crippen LogP contribution in [0.3, 0.4) is 0 Å². The topological polar surface area (TPSA) is 74.3 Å². The number of nitrogens with zero attached hydrogens (tertiary/aromatic N) is 2. The van der Waals surface area contributed by atoms with Crippen molar-refractivity contribution in [2.75, 3.05) is 32.0 Å². The van der Waals surface area contributed by atoms with Gasteiger partial charge in [0.05, 0.1) is 17.9 Å². The van der Waals surface area contributed by atoms with Gasteiger partial charge >= 0.3 is 0 Å². The number of carbonyl (C=O) groups is 2. The van der Waals surface area contributed by atoms with Gasteiger partial charge in [0.2, 0.25) is 11.8 Å². The molecule has 6 nitrogen and oxygen atoms in total. The number of likely N-dealkylation sites (tertiary alicyclic amines) is 1. The third-order valence-corrected chi connectivity index (χ3v) is 5.73. The number of amides is 2. The lowest BCUT2D eigenvalue weighted by atomic mass is 9.96. The number of piperidine rings is 1. The van der Waals surface area contributed by atoms with Crippen molar-refractivity contribution in [1.29, 1.82) is 0 Å². The first kappa shape index (κ1) is 22.0. The number of carbonyl (C=O) groups excluding carboxylic acids is 2. The summed E-state index contributed by atoms with van der Waals surface area (Å²) >= 11 is 0. The SMILES string of the molecule is CCc1cccc(-c2cnc(CC)c(NC(=O)CNCC3CCN(C)C(=O)C3)c2)c1. The molecule has 1 aliphatic heterocycles. The van der Waals surface area contributed by atoms with Crippen LogP contribution in [0.25, 0.3) is 11.1 Å². The van der Waals surface area contributed by atoms with E-state index in [9.17, 15) is 9.59 Å². The molecule has 1 aliphatic rings. The minimum absolute atomic E-state index is 0.0924. The van der Waals surface area contributed by atoms with Crippen LogP contribution in [0.2, 0.25) is 0 Å². The van der Waals surface area contributed by atoms with E-state index in [1.165, 1.54) is 5.56 Å². The highest BCUT2D eigenvalue weighted by Crippen LogP contribution is 2.25. The Bertz CT molecular complexity index is 897. The number of hydrogen-bond acceptors (Lipinski definition) is 4. The molecule has 3 rings (SSSR count). The Balaban J connectivity index is 1.60. The summed E-state index contributed by atoms with van der Waals surface area (Å²) in [6.45, 7) is 5.85. The Kier molecular flexibility index (Phi) is 7.57. The Morgan fingerprint density at radius 3 is 2.77 bits per heavy atom. The van der Waals surface area contributed by atoms with Crippen LogP contribution in [0.5, 0.6) is 0 Å². The molecule has 0 bridgehead atoms. The number of rotatable bonds is 8. The molecule has 1 atom stereocenters. The molecular weight excluding hydrogens is 376 g/mol. The number of anilines is 1. The van der Waals surface area contributed by atoms with E-state index in [2.05, 4.69) is 46.8 Å². The van der Waals surface area contributed by atoms with Crippen molar-refractivity contribution in [2.45, 2.75) is 39.5 Å². The number of aryl methyl sites for hydroxylation is 2. The maximum Gasteiger partial charge on any atom is 0.238 e. The van der Waals surface area contributed by atoms with E-state index >= 15 is 0 Å². The number of benzene rings is 1. The van der Waals surface area contributed by atoms with Gasteiger partial charge in [-0.2, -0.15) is 0 Å². The molecule has 1 aromatic heterocycles. The molecule has 0 aliphatic carbocycles. The van der Waals surface area contributed by atoms with E-state index in [0.29, 0.717) is 18.9 Å². The highest BCUT2D eigenvalue weighted by molar-refractivity contribution is 5.93. The van der Waals surface area contributed by atoms with Gasteiger partial charge in [0.15, 0.2) is 0 Å². The zero-order chi connectivity index (χ0) is 21.5. The van der Waals surface area contributed by atoms with Gasteiger partial charge in [0.1, 0.15) is 0 Å². The lowest BCUT2D eigenvalue weighted by Crippen LogP contribution is -2.40. The van der Waals surface area contributed by atoms with Crippen LogP contribution in [0, 0.1) is 5.92 Å². The molecule has 0 saturated carbocycles. The van der Waals surface area contributed by atoms with E-state index in [4.69, 9.17) is 0 Å². The normalized spacial score (nSPS) is 16.6. The van der Waals surface area contributed by atoms with Crippen molar-refractivity contribution in [3.8, 4) is 11.1 Å². The van der Waals surface area contributed by atoms with Crippen LogP contribution >= 0.6 is 0 Å². The predicted molar refractivity (Wildman–Crippen MR) is 120 cm³/mol. The molecule has 1 fully saturated rings. The van der Waals surface area contributed by atoms with Crippen LogP contribution in [-0.2, 0) is 22.4 Å². The largest absolute Gasteiger partial charge is 0.346 e. The maximum atomic E-state index is 12.5. The fourth-order valence-electron chi connectivity index (χ4n) is 3.78. The van der Waals surface area contributed by atoms with E-state index in [1.54, 1.807) is 4.90 Å². The van der Waals surface area contributed by atoms with Crippen molar-refractivity contribution in [3.05, 3.63) is 47.8 Å². The van der Waals surface area contributed by atoms with Gasteiger partial charge in [-0.1, -0.05) is 38.1 Å². The van der Waals surface area contributed by atoms with Crippen LogP contribution < -0.4 is 10.6 Å². The smallest absolute Gasteiger partial charge is 0.238 e. The molecule has 30 heavy (non-hydrogen) atoms. The first-order valence-electron chi connectivity index (χ1n) is 10.8. The summed E-state index contributed by atoms with van der Waals surface area (Å²) in [4.78, 5) is 30.7. The third-order valence-electron chi connectivity index (χ3n) is 5.73.